The highest BCUT2D eigenvalue weighted by molar-refractivity contribution is 6.41. The Kier molecular flexibility index (Phi) is 8.78. The van der Waals surface area contributed by atoms with Crippen LogP contribution < -0.4 is 0 Å². The van der Waals surface area contributed by atoms with Gasteiger partial charge in [0.25, 0.3) is 0 Å². The molecule has 0 atom stereocenters. The number of hydrogen-bond donors (Lipinski definition) is 0. The van der Waals surface area contributed by atoms with E-state index < -0.39 is 0 Å². The summed E-state index contributed by atoms with van der Waals surface area (Å²) in [7, 11) is 0. The van der Waals surface area contributed by atoms with E-state index in [4.69, 9.17) is 0 Å². The molecule has 0 N–H and O–H groups in total. The molecule has 0 radical (unpaired) electrons. The molecule has 0 amide bonds. The predicted octanol–water partition coefficient (Wildman–Crippen LogP) is 21.8. The van der Waals surface area contributed by atoms with Gasteiger partial charge in [-0.15, -0.1) is 0 Å². The standard InChI is InChI=1S/C81H48/c1-7-19-46(20-8-1)58-31-52-37-64-65(38-53(52)32-59(58)47-21-9-2-10-22-47)71-44-73-68-41-56-35-62(50-27-15-5-16-28-50)63(51-29-17-6-18-30-51)36-57(56)42-69(68)75-45-74-67-40-55-34-61(49-25-13-4-14-26-49)60(48-23-11-3-12-24-48)33-54(55)39-66(67)72-43-70(64)76-77(71)79(73)81(75)80(74)78(72)76/h1-42H,43-45H2. The maximum Gasteiger partial charge on any atom is -0.0000646 e. The zero-order chi connectivity index (χ0) is 52.6. The fourth-order valence-corrected chi connectivity index (χ4v) is 15.7. The summed E-state index contributed by atoms with van der Waals surface area (Å²) in [5.41, 5.74) is 24.1. The second kappa shape index (κ2) is 16.2. The first-order valence-electron chi connectivity index (χ1n) is 28.8. The van der Waals surface area contributed by atoms with Gasteiger partial charge in [-0.2, -0.15) is 0 Å². The molecule has 0 aliphatic heterocycles. The summed E-state index contributed by atoms with van der Waals surface area (Å²) in [5, 5.41) is 25.3. The minimum Gasteiger partial charge on any atom is -0.0622 e. The lowest BCUT2D eigenvalue weighted by molar-refractivity contribution is 1.30. The molecule has 3 aliphatic rings. The van der Waals surface area contributed by atoms with Gasteiger partial charge >= 0.3 is 0 Å². The molecule has 0 spiro atoms. The van der Waals surface area contributed by atoms with Gasteiger partial charge < -0.3 is 0 Å². The van der Waals surface area contributed by atoms with Crippen molar-refractivity contribution in [1.29, 1.82) is 0 Å². The Hall–Kier alpha value is -10.1. The van der Waals surface area contributed by atoms with Crippen molar-refractivity contribution < 1.29 is 0 Å². The average Bonchev–Trinajstić information content (AvgIpc) is 3.94. The number of fused-ring (bicyclic) bond motifs is 12. The predicted molar refractivity (Wildman–Crippen MR) is 345 cm³/mol. The fraction of sp³-hybridized carbons (Fsp3) is 0.0370. The van der Waals surface area contributed by atoms with Crippen molar-refractivity contribution in [3.8, 4) is 66.8 Å². The highest BCUT2D eigenvalue weighted by Crippen LogP contribution is 2.60. The van der Waals surface area contributed by atoms with Crippen LogP contribution in [-0.4, -0.2) is 0 Å². The second-order valence-corrected chi connectivity index (χ2v) is 23.3. The molecule has 0 aromatic heterocycles. The summed E-state index contributed by atoms with van der Waals surface area (Å²) in [5.74, 6) is 0. The fourth-order valence-electron chi connectivity index (χ4n) is 15.7. The summed E-state index contributed by atoms with van der Waals surface area (Å²) in [6.07, 6.45) is 2.72. The summed E-state index contributed by atoms with van der Waals surface area (Å²) < 4.78 is 0. The van der Waals surface area contributed by atoms with Gasteiger partial charge in [-0.05, 0) is 289 Å². The topological polar surface area (TPSA) is 0 Å². The molecule has 0 saturated carbocycles. The van der Waals surface area contributed by atoms with Crippen LogP contribution in [0, 0.1) is 0 Å². The Morgan fingerprint density at radius 1 is 0.160 bits per heavy atom. The minimum absolute atomic E-state index is 0.906. The maximum atomic E-state index is 2.59. The molecule has 372 valence electrons. The molecule has 0 heterocycles. The van der Waals surface area contributed by atoms with E-state index in [9.17, 15) is 0 Å². The lowest BCUT2D eigenvalue weighted by atomic mass is 9.86. The molecular formula is C81H48. The van der Waals surface area contributed by atoms with Crippen molar-refractivity contribution in [3.63, 3.8) is 0 Å². The van der Waals surface area contributed by atoms with Crippen molar-refractivity contribution in [2.75, 3.05) is 0 Å². The first-order chi connectivity index (χ1) is 40.1. The van der Waals surface area contributed by atoms with Crippen LogP contribution in [0.3, 0.4) is 0 Å². The first kappa shape index (κ1) is 43.8. The van der Waals surface area contributed by atoms with Gasteiger partial charge in [0, 0.05) is 0 Å². The summed E-state index contributed by atoms with van der Waals surface area (Å²) in [6.45, 7) is 0. The second-order valence-electron chi connectivity index (χ2n) is 23.3. The molecule has 0 saturated heterocycles. The molecule has 0 bridgehead atoms. The Bertz CT molecular complexity index is 4550. The van der Waals surface area contributed by atoms with Crippen molar-refractivity contribution in [2.45, 2.75) is 19.3 Å². The summed E-state index contributed by atoms with van der Waals surface area (Å²) >= 11 is 0. The van der Waals surface area contributed by atoms with Crippen LogP contribution in [0.15, 0.2) is 255 Å². The Morgan fingerprint density at radius 3 is 0.457 bits per heavy atom. The lowest BCUT2D eigenvalue weighted by Crippen LogP contribution is -1.93. The van der Waals surface area contributed by atoms with Gasteiger partial charge in [-0.25, -0.2) is 0 Å². The third-order valence-corrected chi connectivity index (χ3v) is 19.2. The quantitative estimate of drug-likeness (QED) is 0.115. The van der Waals surface area contributed by atoms with Gasteiger partial charge in [-0.3, -0.25) is 0 Å². The van der Waals surface area contributed by atoms with Gasteiger partial charge in [0.1, 0.15) is 0 Å². The van der Waals surface area contributed by atoms with Crippen molar-refractivity contribution in [1.82, 2.24) is 0 Å². The summed E-state index contributed by atoms with van der Waals surface area (Å²) in [4.78, 5) is 0. The molecule has 0 unspecified atom stereocenters. The van der Waals surface area contributed by atoms with E-state index in [2.05, 4.69) is 255 Å². The van der Waals surface area contributed by atoms with Gasteiger partial charge in [-0.1, -0.05) is 182 Å². The number of rotatable bonds is 6. The zero-order valence-electron chi connectivity index (χ0n) is 44.4. The smallest absolute Gasteiger partial charge is 0.0000646 e. The van der Waals surface area contributed by atoms with Crippen LogP contribution in [0.2, 0.25) is 0 Å². The average molecular weight is 1020 g/mol. The number of hydrogen-bond acceptors (Lipinski definition) is 0. The zero-order valence-corrected chi connectivity index (χ0v) is 44.4. The van der Waals surface area contributed by atoms with Gasteiger partial charge in [0.15, 0.2) is 0 Å². The molecule has 16 aromatic rings. The molecule has 3 aliphatic carbocycles. The number of benzene rings is 16. The van der Waals surface area contributed by atoms with Gasteiger partial charge in [0.2, 0.25) is 0 Å². The van der Waals surface area contributed by atoms with Crippen LogP contribution in [0.5, 0.6) is 0 Å². The Balaban J connectivity index is 0.937. The third kappa shape index (κ3) is 6.09. The normalized spacial score (nSPS) is 13.0. The van der Waals surface area contributed by atoms with Crippen molar-refractivity contribution in [3.05, 3.63) is 288 Å². The monoisotopic (exact) mass is 1020 g/mol. The van der Waals surface area contributed by atoms with Crippen LogP contribution in [0.1, 0.15) is 33.4 Å². The van der Waals surface area contributed by atoms with E-state index in [0.29, 0.717) is 0 Å². The van der Waals surface area contributed by atoms with Crippen LogP contribution >= 0.6 is 0 Å². The van der Waals surface area contributed by atoms with E-state index in [0.717, 1.165) is 19.3 Å². The molecule has 16 aromatic carbocycles. The van der Waals surface area contributed by atoms with Crippen LogP contribution in [0.25, 0.3) is 164 Å². The lowest BCUT2D eigenvalue weighted by Gasteiger charge is -2.17. The summed E-state index contributed by atoms with van der Waals surface area (Å²) in [6, 6.07) is 96.5. The molecule has 0 heteroatoms. The van der Waals surface area contributed by atoms with E-state index >= 15 is 0 Å². The Morgan fingerprint density at radius 2 is 0.309 bits per heavy atom. The van der Waals surface area contributed by atoms with E-state index in [-0.39, 0.29) is 0 Å². The first-order valence-corrected chi connectivity index (χ1v) is 28.8. The van der Waals surface area contributed by atoms with Crippen LogP contribution in [0.4, 0.5) is 0 Å². The van der Waals surface area contributed by atoms with Crippen molar-refractivity contribution >= 4 is 97.0 Å². The SMILES string of the molecule is c1ccc(-c2cc3cc4c5c6c7c(c8cc9cc(-c%10ccccc%10)c(-c%10ccccc%10)cc9cc8c8c7c7c(c9cc%10cc(-c%11ccccc%11)c(-c%11ccccc%11)cc%10cc9c9c7c6c(c4cc3cc2-c2ccccc2)C9)C8)C5)cc1. The maximum absolute atomic E-state index is 2.59. The molecule has 0 nitrogen and oxygen atoms in total. The molecule has 19 rings (SSSR count). The highest BCUT2D eigenvalue weighted by atomic mass is 14.4. The van der Waals surface area contributed by atoms with Crippen molar-refractivity contribution in [2.24, 2.45) is 0 Å². The third-order valence-electron chi connectivity index (χ3n) is 19.2. The molecule has 0 fully saturated rings. The van der Waals surface area contributed by atoms with E-state index in [1.165, 1.54) is 197 Å². The largest absolute Gasteiger partial charge is 0.0622 e. The molecule has 81 heavy (non-hydrogen) atoms. The minimum atomic E-state index is 0.906. The van der Waals surface area contributed by atoms with Crippen LogP contribution in [-0.2, 0) is 19.3 Å². The molecular weight excluding hydrogens is 973 g/mol. The Labute approximate surface area is 468 Å². The van der Waals surface area contributed by atoms with Gasteiger partial charge in [0.05, 0.1) is 0 Å². The van der Waals surface area contributed by atoms with E-state index in [1.807, 2.05) is 0 Å². The van der Waals surface area contributed by atoms with E-state index in [1.54, 1.807) is 0 Å². The highest BCUT2D eigenvalue weighted by Gasteiger charge is 2.37.